The summed E-state index contributed by atoms with van der Waals surface area (Å²) in [7, 11) is -3.26. The van der Waals surface area contributed by atoms with Gasteiger partial charge in [-0.1, -0.05) is 31.5 Å². The van der Waals surface area contributed by atoms with Gasteiger partial charge in [-0.2, -0.15) is 0 Å². The fraction of sp³-hybridized carbons (Fsp3) is 0.538. The summed E-state index contributed by atoms with van der Waals surface area (Å²) in [6.45, 7) is 2.34. The Morgan fingerprint density at radius 2 is 2.11 bits per heavy atom. The molecule has 0 bridgehead atoms. The largest absolute Gasteiger partial charge is 0.388 e. The first-order valence-corrected chi connectivity index (χ1v) is 7.94. The molecule has 2 rings (SSSR count). The summed E-state index contributed by atoms with van der Waals surface area (Å²) in [5.41, 5.74) is 1.34. The third-order valence-corrected chi connectivity index (χ3v) is 5.12. The van der Waals surface area contributed by atoms with Gasteiger partial charge >= 0.3 is 0 Å². The Hall–Kier alpha value is -1.07. The van der Waals surface area contributed by atoms with Crippen molar-refractivity contribution < 1.29 is 13.5 Å². The molecule has 1 aromatic rings. The highest BCUT2D eigenvalue weighted by Gasteiger charge is 2.30. The van der Waals surface area contributed by atoms with Crippen LogP contribution >= 0.6 is 0 Å². The molecule has 1 heterocycles. The monoisotopic (exact) mass is 269 g/mol. The molecule has 1 unspecified atom stereocenters. The van der Waals surface area contributed by atoms with Gasteiger partial charge in [0.25, 0.3) is 0 Å². The van der Waals surface area contributed by atoms with Gasteiger partial charge in [0.2, 0.25) is 10.0 Å². The van der Waals surface area contributed by atoms with Gasteiger partial charge in [-0.15, -0.1) is 0 Å². The summed E-state index contributed by atoms with van der Waals surface area (Å²) >= 11 is 0. The normalized spacial score (nSPS) is 19.7. The lowest BCUT2D eigenvalue weighted by molar-refractivity contribution is 0.166. The fourth-order valence-electron chi connectivity index (χ4n) is 2.24. The van der Waals surface area contributed by atoms with Gasteiger partial charge in [-0.05, 0) is 18.9 Å². The Bertz CT molecular complexity index is 513. The number of nitrogens with zero attached hydrogens (tertiary/aromatic N) is 1. The molecule has 0 saturated carbocycles. The van der Waals surface area contributed by atoms with Gasteiger partial charge < -0.3 is 5.11 Å². The average molecular weight is 269 g/mol. The van der Waals surface area contributed by atoms with Crippen molar-refractivity contribution in [1.29, 1.82) is 0 Å². The van der Waals surface area contributed by atoms with Gasteiger partial charge in [0.15, 0.2) is 0 Å². The van der Waals surface area contributed by atoms with Crippen LogP contribution in [0.1, 0.15) is 37.9 Å². The lowest BCUT2D eigenvalue weighted by Crippen LogP contribution is -2.38. The Morgan fingerprint density at radius 1 is 1.39 bits per heavy atom. The van der Waals surface area contributed by atoms with Gasteiger partial charge in [-0.3, -0.25) is 4.31 Å². The molecule has 1 aliphatic rings. The number of rotatable bonds is 4. The second-order valence-corrected chi connectivity index (χ2v) is 6.62. The van der Waals surface area contributed by atoms with Crippen molar-refractivity contribution in [1.82, 2.24) is 0 Å². The van der Waals surface area contributed by atoms with E-state index in [2.05, 4.69) is 0 Å². The van der Waals surface area contributed by atoms with Crippen molar-refractivity contribution in [2.24, 2.45) is 0 Å². The first-order valence-electron chi connectivity index (χ1n) is 6.33. The van der Waals surface area contributed by atoms with Gasteiger partial charge in [0, 0.05) is 12.1 Å². The van der Waals surface area contributed by atoms with E-state index in [9.17, 15) is 13.5 Å². The topological polar surface area (TPSA) is 57.6 Å². The van der Waals surface area contributed by atoms with Crippen molar-refractivity contribution in [2.45, 2.75) is 32.3 Å². The molecule has 0 aromatic heterocycles. The smallest absolute Gasteiger partial charge is 0.235 e. The highest BCUT2D eigenvalue weighted by atomic mass is 32.2. The van der Waals surface area contributed by atoms with Crippen molar-refractivity contribution in [3.63, 3.8) is 0 Å². The molecule has 0 aliphatic carbocycles. The Kier molecular flexibility index (Phi) is 3.92. The third-order valence-electron chi connectivity index (χ3n) is 3.26. The molecular weight excluding hydrogens is 250 g/mol. The molecule has 4 nitrogen and oxygen atoms in total. The predicted octanol–water partition coefficient (Wildman–Crippen LogP) is 2.06. The number of sulfonamides is 1. The van der Waals surface area contributed by atoms with E-state index in [0.29, 0.717) is 30.6 Å². The Balaban J connectivity index is 2.34. The highest BCUT2D eigenvalue weighted by molar-refractivity contribution is 7.92. The molecular formula is C13H19NO3S. The number of aliphatic hydroxyl groups excluding tert-OH is 1. The summed E-state index contributed by atoms with van der Waals surface area (Å²) in [6.07, 6.45) is 1.43. The van der Waals surface area contributed by atoms with Crippen LogP contribution in [-0.4, -0.2) is 25.8 Å². The number of benzene rings is 1. The molecule has 18 heavy (non-hydrogen) atoms. The molecule has 5 heteroatoms. The zero-order valence-electron chi connectivity index (χ0n) is 10.5. The van der Waals surface area contributed by atoms with Gasteiger partial charge in [0.1, 0.15) is 0 Å². The van der Waals surface area contributed by atoms with Crippen molar-refractivity contribution in [3.8, 4) is 0 Å². The van der Waals surface area contributed by atoms with Crippen LogP contribution in [0, 0.1) is 0 Å². The van der Waals surface area contributed by atoms with Crippen LogP contribution in [0.25, 0.3) is 0 Å². The van der Waals surface area contributed by atoms with Crippen LogP contribution in [0.15, 0.2) is 24.3 Å². The summed E-state index contributed by atoms with van der Waals surface area (Å²) in [6, 6.07) is 7.19. The van der Waals surface area contributed by atoms with Crippen LogP contribution in [0.4, 0.5) is 5.69 Å². The predicted molar refractivity (Wildman–Crippen MR) is 72.1 cm³/mol. The lowest BCUT2D eigenvalue weighted by Gasteiger charge is -2.32. The summed E-state index contributed by atoms with van der Waals surface area (Å²) < 4.78 is 26.0. The molecule has 0 radical (unpaired) electrons. The highest BCUT2D eigenvalue weighted by Crippen LogP contribution is 2.35. The second kappa shape index (κ2) is 5.28. The SMILES string of the molecule is CCCCS(=O)(=O)N1CCC(O)c2ccccc21. The minimum atomic E-state index is -3.26. The van der Waals surface area contributed by atoms with E-state index in [1.54, 1.807) is 18.2 Å². The molecule has 1 aromatic carbocycles. The van der Waals surface area contributed by atoms with E-state index >= 15 is 0 Å². The molecule has 1 aliphatic heterocycles. The molecule has 0 fully saturated rings. The van der Waals surface area contributed by atoms with E-state index in [4.69, 9.17) is 0 Å². The third kappa shape index (κ3) is 2.52. The molecule has 1 atom stereocenters. The Labute approximate surface area is 108 Å². The van der Waals surface area contributed by atoms with E-state index < -0.39 is 16.1 Å². The summed E-state index contributed by atoms with van der Waals surface area (Å²) in [5, 5.41) is 9.90. The minimum Gasteiger partial charge on any atom is -0.388 e. The van der Waals surface area contributed by atoms with Crippen LogP contribution < -0.4 is 4.31 Å². The summed E-state index contributed by atoms with van der Waals surface area (Å²) in [5.74, 6) is 0.175. The van der Waals surface area contributed by atoms with Crippen LogP contribution in [0.2, 0.25) is 0 Å². The quantitative estimate of drug-likeness (QED) is 0.910. The standard InChI is InChI=1S/C13H19NO3S/c1-2-3-10-18(16,17)14-9-8-13(15)11-6-4-5-7-12(11)14/h4-7,13,15H,2-3,8-10H2,1H3. The number of anilines is 1. The van der Waals surface area contributed by atoms with Gasteiger partial charge in [-0.25, -0.2) is 8.42 Å². The molecule has 1 N–H and O–H groups in total. The van der Waals surface area contributed by atoms with Crippen LogP contribution in [0.5, 0.6) is 0 Å². The van der Waals surface area contributed by atoms with Crippen LogP contribution in [0.3, 0.4) is 0 Å². The lowest BCUT2D eigenvalue weighted by atomic mass is 10.0. The van der Waals surface area contributed by atoms with E-state index in [-0.39, 0.29) is 5.75 Å². The van der Waals surface area contributed by atoms with E-state index in [1.807, 2.05) is 13.0 Å². The first kappa shape index (κ1) is 13.4. The molecule has 0 spiro atoms. The zero-order chi connectivity index (χ0) is 13.2. The average Bonchev–Trinajstić information content (AvgIpc) is 2.37. The first-order chi connectivity index (χ1) is 8.56. The van der Waals surface area contributed by atoms with Crippen molar-refractivity contribution in [2.75, 3.05) is 16.6 Å². The van der Waals surface area contributed by atoms with Crippen molar-refractivity contribution in [3.05, 3.63) is 29.8 Å². The number of aliphatic hydroxyl groups is 1. The molecule has 0 saturated heterocycles. The number of hydrogen-bond donors (Lipinski definition) is 1. The number of para-hydroxylation sites is 1. The maximum Gasteiger partial charge on any atom is 0.235 e. The summed E-state index contributed by atoms with van der Waals surface area (Å²) in [4.78, 5) is 0. The molecule has 0 amide bonds. The van der Waals surface area contributed by atoms with E-state index in [0.717, 1.165) is 6.42 Å². The second-order valence-electron chi connectivity index (χ2n) is 4.60. The zero-order valence-corrected chi connectivity index (χ0v) is 11.4. The Morgan fingerprint density at radius 3 is 2.83 bits per heavy atom. The van der Waals surface area contributed by atoms with Crippen molar-refractivity contribution >= 4 is 15.7 Å². The number of unbranched alkanes of at least 4 members (excludes halogenated alkanes) is 1. The molecule has 100 valence electrons. The van der Waals surface area contributed by atoms with E-state index in [1.165, 1.54) is 4.31 Å². The number of fused-ring (bicyclic) bond motifs is 1. The van der Waals surface area contributed by atoms with Crippen LogP contribution in [-0.2, 0) is 10.0 Å². The maximum absolute atomic E-state index is 12.3. The van der Waals surface area contributed by atoms with Gasteiger partial charge in [0.05, 0.1) is 17.5 Å². The minimum absolute atomic E-state index is 0.175. The fourth-order valence-corrected chi connectivity index (χ4v) is 3.96. The number of hydrogen-bond acceptors (Lipinski definition) is 3. The maximum atomic E-state index is 12.3.